The summed E-state index contributed by atoms with van der Waals surface area (Å²) in [5, 5.41) is 13.7. The molecule has 0 unspecified atom stereocenters. The normalized spacial score (nSPS) is 22.2. The Labute approximate surface area is 108 Å². The van der Waals surface area contributed by atoms with Crippen LogP contribution in [0.1, 0.15) is 19.3 Å². The van der Waals surface area contributed by atoms with Crippen LogP contribution in [-0.4, -0.2) is 16.9 Å². The van der Waals surface area contributed by atoms with Gasteiger partial charge in [-0.05, 0) is 25.0 Å². The van der Waals surface area contributed by atoms with Crippen molar-refractivity contribution in [2.75, 3.05) is 5.32 Å². The van der Waals surface area contributed by atoms with Gasteiger partial charge in [-0.15, -0.1) is 0 Å². The summed E-state index contributed by atoms with van der Waals surface area (Å²) in [5.41, 5.74) is 4.77. The number of amides is 1. The zero-order valence-corrected chi connectivity index (χ0v) is 10.1. The lowest BCUT2D eigenvalue weighted by Crippen LogP contribution is -2.34. The summed E-state index contributed by atoms with van der Waals surface area (Å²) in [6.07, 6.45) is 2.14. The maximum absolute atomic E-state index is 13.5. The predicted octanol–water partition coefficient (Wildman–Crippen LogP) is 1.80. The van der Waals surface area contributed by atoms with Gasteiger partial charge >= 0.3 is 5.69 Å². The van der Waals surface area contributed by atoms with Gasteiger partial charge in [-0.2, -0.15) is 4.39 Å². The first kappa shape index (κ1) is 13.3. The molecule has 1 aliphatic carbocycles. The number of anilines is 1. The number of nitrogens with one attached hydrogen (secondary N) is 1. The zero-order chi connectivity index (χ0) is 14.0. The fourth-order valence-electron chi connectivity index (χ4n) is 2.49. The van der Waals surface area contributed by atoms with Gasteiger partial charge in [-0.25, -0.2) is 0 Å². The molecule has 2 atom stereocenters. The van der Waals surface area contributed by atoms with Crippen LogP contribution in [0, 0.1) is 21.8 Å². The number of para-hydroxylation sites is 1. The van der Waals surface area contributed by atoms with Crippen LogP contribution in [0.3, 0.4) is 0 Å². The highest BCUT2D eigenvalue weighted by Gasteiger charge is 2.33. The number of carbonyl (C=O) groups excluding carboxylic acids is 1. The summed E-state index contributed by atoms with van der Waals surface area (Å²) in [7, 11) is 0. The minimum Gasteiger partial charge on any atom is -0.376 e. The molecule has 1 aliphatic rings. The molecule has 1 aromatic carbocycles. The van der Waals surface area contributed by atoms with Crippen LogP contribution in [0.2, 0.25) is 0 Å². The molecule has 3 N–H and O–H groups in total. The van der Waals surface area contributed by atoms with E-state index in [0.29, 0.717) is 12.8 Å². The number of nitrogens with zero attached hydrogens (tertiary/aromatic N) is 1. The molecule has 0 heterocycles. The Kier molecular flexibility index (Phi) is 3.64. The summed E-state index contributed by atoms with van der Waals surface area (Å²) in [6.45, 7) is 0. The second kappa shape index (κ2) is 5.21. The van der Waals surface area contributed by atoms with Crippen molar-refractivity contribution in [3.8, 4) is 0 Å². The first-order chi connectivity index (χ1) is 9.00. The fourth-order valence-corrected chi connectivity index (χ4v) is 2.49. The highest BCUT2D eigenvalue weighted by atomic mass is 19.1. The number of rotatable bonds is 4. The summed E-state index contributed by atoms with van der Waals surface area (Å²) in [4.78, 5) is 21.4. The number of nitro groups is 1. The molecule has 0 radical (unpaired) electrons. The standard InChI is InChI=1S/C12H14FN3O3/c13-8-4-2-6-10(11(8)16(18)19)15-9-5-1-3-7(9)12(14)17/h2,4,6-7,9,15H,1,3,5H2,(H2,14,17)/t7-,9+/m0/s1. The number of primary amides is 1. The van der Waals surface area contributed by atoms with Crippen molar-refractivity contribution in [3.05, 3.63) is 34.1 Å². The molecule has 1 amide bonds. The maximum Gasteiger partial charge on any atom is 0.327 e. The smallest absolute Gasteiger partial charge is 0.327 e. The van der Waals surface area contributed by atoms with Gasteiger partial charge in [0.05, 0.1) is 10.8 Å². The third-order valence-corrected chi connectivity index (χ3v) is 3.39. The molecule has 0 aromatic heterocycles. The van der Waals surface area contributed by atoms with E-state index in [9.17, 15) is 19.3 Å². The SMILES string of the molecule is NC(=O)[C@H]1CCC[C@H]1Nc1cccc(F)c1[N+](=O)[O-]. The van der Waals surface area contributed by atoms with E-state index in [1.54, 1.807) is 0 Å². The number of hydrogen-bond donors (Lipinski definition) is 2. The lowest BCUT2D eigenvalue weighted by Gasteiger charge is -2.19. The number of halogens is 1. The van der Waals surface area contributed by atoms with Crippen molar-refractivity contribution >= 4 is 17.3 Å². The molecule has 7 heteroatoms. The van der Waals surface area contributed by atoms with Gasteiger partial charge in [-0.1, -0.05) is 12.5 Å². The Morgan fingerprint density at radius 3 is 2.84 bits per heavy atom. The predicted molar refractivity (Wildman–Crippen MR) is 67.0 cm³/mol. The molecular weight excluding hydrogens is 253 g/mol. The summed E-state index contributed by atoms with van der Waals surface area (Å²) < 4.78 is 13.5. The minimum absolute atomic E-state index is 0.0863. The van der Waals surface area contributed by atoms with Crippen LogP contribution in [0.4, 0.5) is 15.8 Å². The number of nitrogens with two attached hydrogens (primary N) is 1. The zero-order valence-electron chi connectivity index (χ0n) is 10.1. The highest BCUT2D eigenvalue weighted by Crippen LogP contribution is 2.33. The monoisotopic (exact) mass is 267 g/mol. The third-order valence-electron chi connectivity index (χ3n) is 3.39. The van der Waals surface area contributed by atoms with Gasteiger partial charge in [-0.3, -0.25) is 14.9 Å². The quantitative estimate of drug-likeness (QED) is 0.641. The Morgan fingerprint density at radius 2 is 2.21 bits per heavy atom. The van der Waals surface area contributed by atoms with Gasteiger partial charge in [0.2, 0.25) is 11.7 Å². The van der Waals surface area contributed by atoms with Gasteiger partial charge in [0.1, 0.15) is 5.69 Å². The molecule has 0 spiro atoms. The van der Waals surface area contributed by atoms with Crippen molar-refractivity contribution in [2.24, 2.45) is 11.7 Å². The van der Waals surface area contributed by atoms with E-state index in [0.717, 1.165) is 12.5 Å². The third kappa shape index (κ3) is 2.64. The fraction of sp³-hybridized carbons (Fsp3) is 0.417. The van der Waals surface area contributed by atoms with Gasteiger partial charge < -0.3 is 11.1 Å². The van der Waals surface area contributed by atoms with E-state index >= 15 is 0 Å². The number of nitro benzene ring substituents is 1. The van der Waals surface area contributed by atoms with Crippen LogP contribution in [0.15, 0.2) is 18.2 Å². The van der Waals surface area contributed by atoms with Gasteiger partial charge in [0.25, 0.3) is 0 Å². The molecule has 0 saturated heterocycles. The number of benzene rings is 1. The largest absolute Gasteiger partial charge is 0.376 e. The number of hydrogen-bond acceptors (Lipinski definition) is 4. The Morgan fingerprint density at radius 1 is 1.47 bits per heavy atom. The topological polar surface area (TPSA) is 98.3 Å². The van der Waals surface area contributed by atoms with Crippen LogP contribution in [-0.2, 0) is 4.79 Å². The molecule has 0 aliphatic heterocycles. The van der Waals surface area contributed by atoms with Crippen molar-refractivity contribution in [1.82, 2.24) is 0 Å². The molecule has 1 saturated carbocycles. The van der Waals surface area contributed by atoms with Crippen LogP contribution < -0.4 is 11.1 Å². The molecule has 1 aromatic rings. The molecule has 2 rings (SSSR count). The van der Waals surface area contributed by atoms with E-state index in [-0.39, 0.29) is 17.6 Å². The maximum atomic E-state index is 13.5. The Bertz CT molecular complexity index is 521. The first-order valence-corrected chi connectivity index (χ1v) is 5.99. The van der Waals surface area contributed by atoms with Gasteiger partial charge in [0.15, 0.2) is 0 Å². The molecular formula is C12H14FN3O3. The number of carbonyl (C=O) groups is 1. The molecule has 6 nitrogen and oxygen atoms in total. The van der Waals surface area contributed by atoms with E-state index < -0.39 is 22.3 Å². The summed E-state index contributed by atoms with van der Waals surface area (Å²) >= 11 is 0. The molecule has 0 bridgehead atoms. The van der Waals surface area contributed by atoms with Crippen molar-refractivity contribution in [3.63, 3.8) is 0 Å². The van der Waals surface area contributed by atoms with Crippen molar-refractivity contribution < 1.29 is 14.1 Å². The highest BCUT2D eigenvalue weighted by molar-refractivity contribution is 5.78. The lowest BCUT2D eigenvalue weighted by molar-refractivity contribution is -0.386. The Balaban J connectivity index is 2.26. The molecule has 19 heavy (non-hydrogen) atoms. The van der Waals surface area contributed by atoms with E-state index in [1.807, 2.05) is 0 Å². The van der Waals surface area contributed by atoms with Crippen LogP contribution in [0.25, 0.3) is 0 Å². The van der Waals surface area contributed by atoms with E-state index in [4.69, 9.17) is 5.73 Å². The summed E-state index contributed by atoms with van der Waals surface area (Å²) in [6, 6.07) is 3.57. The van der Waals surface area contributed by atoms with Crippen LogP contribution in [0.5, 0.6) is 0 Å². The summed E-state index contributed by atoms with van der Waals surface area (Å²) in [5.74, 6) is -1.71. The second-order valence-electron chi connectivity index (χ2n) is 4.58. The second-order valence-corrected chi connectivity index (χ2v) is 4.58. The van der Waals surface area contributed by atoms with Gasteiger partial charge in [0, 0.05) is 6.04 Å². The first-order valence-electron chi connectivity index (χ1n) is 5.99. The van der Waals surface area contributed by atoms with Crippen LogP contribution >= 0.6 is 0 Å². The lowest BCUT2D eigenvalue weighted by atomic mass is 10.0. The van der Waals surface area contributed by atoms with Crippen molar-refractivity contribution in [1.29, 1.82) is 0 Å². The van der Waals surface area contributed by atoms with Crippen molar-refractivity contribution in [2.45, 2.75) is 25.3 Å². The minimum atomic E-state index is -0.899. The average molecular weight is 267 g/mol. The molecule has 102 valence electrons. The average Bonchev–Trinajstić information content (AvgIpc) is 2.76. The van der Waals surface area contributed by atoms with E-state index in [1.165, 1.54) is 12.1 Å². The van der Waals surface area contributed by atoms with E-state index in [2.05, 4.69) is 5.32 Å². The molecule has 1 fully saturated rings. The Hall–Kier alpha value is -2.18.